The third-order valence-corrected chi connectivity index (χ3v) is 2.71. The zero-order chi connectivity index (χ0) is 14.5. The van der Waals surface area contributed by atoms with E-state index in [-0.39, 0.29) is 23.0 Å². The van der Waals surface area contributed by atoms with Crippen molar-refractivity contribution < 1.29 is 15.0 Å². The second-order valence-electron chi connectivity index (χ2n) is 4.35. The summed E-state index contributed by atoms with van der Waals surface area (Å²) in [4.78, 5) is 11.0. The van der Waals surface area contributed by atoms with Crippen molar-refractivity contribution in [2.24, 2.45) is 0 Å². The molecule has 1 aromatic rings. The molecule has 4 nitrogen and oxygen atoms in total. The minimum absolute atomic E-state index is 0.0521. The second kappa shape index (κ2) is 5.93. The molecular weight excluding hydrogens is 254 g/mol. The van der Waals surface area contributed by atoms with Gasteiger partial charge in [-0.1, -0.05) is 30.4 Å². The van der Waals surface area contributed by atoms with Crippen molar-refractivity contribution in [1.82, 2.24) is 0 Å². The van der Waals surface area contributed by atoms with Crippen LogP contribution in [0.5, 0.6) is 5.75 Å². The number of carbonyl (C=O) groups excluding carboxylic acids is 1. The van der Waals surface area contributed by atoms with Crippen molar-refractivity contribution >= 4 is 17.4 Å². The molecule has 1 aliphatic rings. The first-order chi connectivity index (χ1) is 9.56. The first-order valence-corrected chi connectivity index (χ1v) is 6.13. The molecule has 0 aromatic heterocycles. The van der Waals surface area contributed by atoms with Crippen LogP contribution in [0.4, 0.5) is 5.69 Å². The third-order valence-electron chi connectivity index (χ3n) is 2.71. The number of phenols is 1. The van der Waals surface area contributed by atoms with E-state index in [1.807, 2.05) is 24.3 Å². The molecule has 0 saturated carbocycles. The highest BCUT2D eigenvalue weighted by Gasteiger charge is 2.07. The average molecular weight is 269 g/mol. The Morgan fingerprint density at radius 3 is 2.60 bits per heavy atom. The lowest BCUT2D eigenvalue weighted by atomic mass is 10.1. The van der Waals surface area contributed by atoms with Crippen LogP contribution < -0.4 is 5.32 Å². The fourth-order valence-electron chi connectivity index (χ4n) is 1.79. The monoisotopic (exact) mass is 269 g/mol. The molecule has 0 fully saturated rings. The summed E-state index contributed by atoms with van der Waals surface area (Å²) >= 11 is 0. The first kappa shape index (κ1) is 13.7. The van der Waals surface area contributed by atoms with Gasteiger partial charge in [0, 0.05) is 12.6 Å². The maximum Gasteiger partial charge on any atom is 0.221 e. The largest absolute Gasteiger partial charge is 0.507 e. The van der Waals surface area contributed by atoms with Crippen LogP contribution in [0.15, 0.2) is 60.2 Å². The molecule has 4 heteroatoms. The first-order valence-electron chi connectivity index (χ1n) is 6.13. The summed E-state index contributed by atoms with van der Waals surface area (Å²) in [6.45, 7) is 1.39. The molecule has 0 unspecified atom stereocenters. The van der Waals surface area contributed by atoms with E-state index >= 15 is 0 Å². The summed E-state index contributed by atoms with van der Waals surface area (Å²) in [5.41, 5.74) is 1.73. The molecule has 20 heavy (non-hydrogen) atoms. The molecule has 0 spiro atoms. The lowest BCUT2D eigenvalue weighted by molar-refractivity contribution is -0.114. The number of benzene rings is 1. The fourth-order valence-corrected chi connectivity index (χ4v) is 1.79. The highest BCUT2D eigenvalue weighted by molar-refractivity contribution is 5.89. The maximum absolute atomic E-state index is 11.0. The van der Waals surface area contributed by atoms with Gasteiger partial charge in [-0.2, -0.15) is 0 Å². The molecule has 1 aliphatic carbocycles. The molecule has 3 N–H and O–H groups in total. The number of rotatable bonds is 3. The number of aliphatic hydroxyl groups excluding tert-OH is 1. The molecule has 102 valence electrons. The van der Waals surface area contributed by atoms with E-state index in [9.17, 15) is 15.0 Å². The number of allylic oxidation sites excluding steroid dienone is 7. The number of nitrogens with one attached hydrogen (secondary N) is 1. The van der Waals surface area contributed by atoms with E-state index in [4.69, 9.17) is 0 Å². The van der Waals surface area contributed by atoms with Crippen molar-refractivity contribution in [2.75, 3.05) is 5.32 Å². The molecule has 1 amide bonds. The van der Waals surface area contributed by atoms with Crippen LogP contribution in [0.25, 0.3) is 5.76 Å². The Morgan fingerprint density at radius 1 is 1.25 bits per heavy atom. The number of aromatic hydroxyl groups is 1. The van der Waals surface area contributed by atoms with Crippen LogP contribution in [0.2, 0.25) is 0 Å². The summed E-state index contributed by atoms with van der Waals surface area (Å²) in [6.07, 6.45) is 10.8. The standard InChI is InChI=1S/C16H15NO3/c1-11(18)17-13-7-9-16(20)14(10-13)15(19)8-6-12-4-2-3-5-12/h2-10,19-20H,1H3,(H,17,18). The van der Waals surface area contributed by atoms with Gasteiger partial charge in [0.25, 0.3) is 0 Å². The van der Waals surface area contributed by atoms with Crippen molar-refractivity contribution in [2.45, 2.75) is 6.92 Å². The minimum atomic E-state index is -0.214. The summed E-state index contributed by atoms with van der Waals surface area (Å²) in [5.74, 6) is -0.340. The van der Waals surface area contributed by atoms with Crippen molar-refractivity contribution in [3.63, 3.8) is 0 Å². The Kier molecular flexibility index (Phi) is 4.05. The van der Waals surface area contributed by atoms with Crippen LogP contribution in [0, 0.1) is 0 Å². The van der Waals surface area contributed by atoms with Gasteiger partial charge in [0.1, 0.15) is 11.5 Å². The molecule has 0 atom stereocenters. The maximum atomic E-state index is 11.0. The normalized spacial score (nSPS) is 13.7. The average Bonchev–Trinajstić information content (AvgIpc) is 2.91. The van der Waals surface area contributed by atoms with Gasteiger partial charge in [-0.05, 0) is 29.8 Å². The van der Waals surface area contributed by atoms with Gasteiger partial charge in [0.2, 0.25) is 5.91 Å². The van der Waals surface area contributed by atoms with Crippen LogP contribution in [0.1, 0.15) is 12.5 Å². The lowest BCUT2D eigenvalue weighted by Gasteiger charge is -2.07. The molecule has 0 bridgehead atoms. The predicted octanol–water partition coefficient (Wildman–Crippen LogP) is 3.30. The molecule has 1 aromatic carbocycles. The van der Waals surface area contributed by atoms with Crippen molar-refractivity contribution in [1.29, 1.82) is 0 Å². The molecule has 0 heterocycles. The molecule has 0 radical (unpaired) electrons. The summed E-state index contributed by atoms with van der Waals surface area (Å²) in [5, 5.41) is 22.4. The van der Waals surface area contributed by atoms with E-state index in [1.54, 1.807) is 12.1 Å². The van der Waals surface area contributed by atoms with Gasteiger partial charge in [-0.15, -0.1) is 0 Å². The number of anilines is 1. The molecule has 0 aliphatic heterocycles. The lowest BCUT2D eigenvalue weighted by Crippen LogP contribution is -2.05. The zero-order valence-electron chi connectivity index (χ0n) is 11.0. The van der Waals surface area contributed by atoms with Crippen LogP contribution in [0.3, 0.4) is 0 Å². The summed E-state index contributed by atoms with van der Waals surface area (Å²) < 4.78 is 0. The highest BCUT2D eigenvalue weighted by atomic mass is 16.3. The van der Waals surface area contributed by atoms with E-state index < -0.39 is 0 Å². The van der Waals surface area contributed by atoms with Crippen LogP contribution in [-0.2, 0) is 4.79 Å². The summed E-state index contributed by atoms with van der Waals surface area (Å²) in [6, 6.07) is 4.50. The summed E-state index contributed by atoms with van der Waals surface area (Å²) in [7, 11) is 0. The number of phenolic OH excluding ortho intramolecular Hbond substituents is 1. The van der Waals surface area contributed by atoms with Gasteiger partial charge in [-0.25, -0.2) is 0 Å². The Morgan fingerprint density at radius 2 is 1.95 bits per heavy atom. The van der Waals surface area contributed by atoms with Gasteiger partial charge in [0.05, 0.1) is 5.56 Å². The Hall–Kier alpha value is -2.75. The van der Waals surface area contributed by atoms with Crippen molar-refractivity contribution in [3.8, 4) is 5.75 Å². The number of aliphatic hydroxyl groups is 1. The van der Waals surface area contributed by atoms with E-state index in [2.05, 4.69) is 5.32 Å². The predicted molar refractivity (Wildman–Crippen MR) is 79.4 cm³/mol. The Bertz CT molecular complexity index is 638. The number of hydrogen-bond donors (Lipinski definition) is 3. The molecule has 0 saturated heterocycles. The SMILES string of the molecule is CC(=O)Nc1ccc(O)c(C(O)=CC=C2C=CC=C2)c1. The van der Waals surface area contributed by atoms with Gasteiger partial charge in [0.15, 0.2) is 0 Å². The van der Waals surface area contributed by atoms with E-state index in [0.717, 1.165) is 5.57 Å². The number of amides is 1. The zero-order valence-corrected chi connectivity index (χ0v) is 11.0. The van der Waals surface area contributed by atoms with Gasteiger partial charge < -0.3 is 15.5 Å². The number of carbonyl (C=O) groups is 1. The smallest absolute Gasteiger partial charge is 0.221 e. The topological polar surface area (TPSA) is 69.6 Å². The van der Waals surface area contributed by atoms with Crippen molar-refractivity contribution in [3.05, 3.63) is 65.8 Å². The Labute approximate surface area is 117 Å². The second-order valence-corrected chi connectivity index (χ2v) is 4.35. The highest BCUT2D eigenvalue weighted by Crippen LogP contribution is 2.27. The van der Waals surface area contributed by atoms with Gasteiger partial charge in [-0.3, -0.25) is 4.79 Å². The fraction of sp³-hybridized carbons (Fsp3) is 0.0625. The third kappa shape index (κ3) is 3.38. The quantitative estimate of drug-likeness (QED) is 0.582. The number of hydrogen-bond acceptors (Lipinski definition) is 3. The molecule has 2 rings (SSSR count). The molecular formula is C16H15NO3. The Balaban J connectivity index is 2.28. The van der Waals surface area contributed by atoms with E-state index in [0.29, 0.717) is 5.69 Å². The van der Waals surface area contributed by atoms with Gasteiger partial charge >= 0.3 is 0 Å². The van der Waals surface area contributed by atoms with Crippen LogP contribution in [-0.4, -0.2) is 16.1 Å². The minimum Gasteiger partial charge on any atom is -0.507 e. The van der Waals surface area contributed by atoms with Crippen LogP contribution >= 0.6 is 0 Å². The van der Waals surface area contributed by atoms with E-state index in [1.165, 1.54) is 25.1 Å².